The molecule has 0 fully saturated rings. The fourth-order valence-corrected chi connectivity index (χ4v) is 1.88. The Morgan fingerprint density at radius 3 is 2.67 bits per heavy atom. The van der Waals surface area contributed by atoms with Gasteiger partial charge in [0.15, 0.2) is 5.78 Å². The molecule has 0 bridgehead atoms. The molecule has 0 atom stereocenters. The summed E-state index contributed by atoms with van der Waals surface area (Å²) in [7, 11) is 0. The number of rotatable bonds is 6. The second-order valence-electron chi connectivity index (χ2n) is 4.46. The van der Waals surface area contributed by atoms with Crippen molar-refractivity contribution in [2.75, 3.05) is 0 Å². The number of aryl methyl sites for hydroxylation is 1. The van der Waals surface area contributed by atoms with Crippen LogP contribution in [0.1, 0.15) is 35.7 Å². The van der Waals surface area contributed by atoms with Crippen molar-refractivity contribution >= 4 is 5.78 Å². The van der Waals surface area contributed by atoms with Gasteiger partial charge in [0, 0.05) is 18.0 Å². The van der Waals surface area contributed by atoms with Crippen LogP contribution in [0.25, 0.3) is 0 Å². The Labute approximate surface area is 107 Å². The van der Waals surface area contributed by atoms with Crippen LogP contribution in [0.15, 0.2) is 43.0 Å². The highest BCUT2D eigenvalue weighted by molar-refractivity contribution is 5.95. The number of carbonyl (C=O) groups is 1. The summed E-state index contributed by atoms with van der Waals surface area (Å²) in [4.78, 5) is 15.9. The van der Waals surface area contributed by atoms with E-state index in [-0.39, 0.29) is 5.78 Å². The van der Waals surface area contributed by atoms with Crippen molar-refractivity contribution in [3.8, 4) is 0 Å². The second kappa shape index (κ2) is 6.15. The topological polar surface area (TPSA) is 34.9 Å². The van der Waals surface area contributed by atoms with Crippen molar-refractivity contribution in [3.05, 3.63) is 54.1 Å². The minimum Gasteiger partial charge on any atom is -0.330 e. The molecule has 3 nitrogen and oxygen atoms in total. The molecule has 0 aliphatic carbocycles. The molecule has 94 valence electrons. The lowest BCUT2D eigenvalue weighted by atomic mass is 10.0. The molecule has 0 unspecified atom stereocenters. The van der Waals surface area contributed by atoms with Crippen LogP contribution in [0.3, 0.4) is 0 Å². The van der Waals surface area contributed by atoms with Gasteiger partial charge in [0.1, 0.15) is 0 Å². The van der Waals surface area contributed by atoms with Gasteiger partial charge in [-0.15, -0.1) is 0 Å². The Bertz CT molecular complexity index is 486. The summed E-state index contributed by atoms with van der Waals surface area (Å²) in [6.07, 6.45) is 8.62. The summed E-state index contributed by atoms with van der Waals surface area (Å²) in [5.74, 6) is 0.120. The molecular formula is C15H18N2O. The second-order valence-corrected chi connectivity index (χ2v) is 4.46. The lowest BCUT2D eigenvalue weighted by Gasteiger charge is -2.04. The minimum atomic E-state index is 0.120. The van der Waals surface area contributed by atoms with Gasteiger partial charge in [-0.2, -0.15) is 0 Å². The first-order chi connectivity index (χ1) is 8.79. The molecule has 0 aliphatic heterocycles. The summed E-state index contributed by atoms with van der Waals surface area (Å²) in [5.41, 5.74) is 2.07. The number of Topliss-reactive ketones (excluding diaryl/α,β-unsaturated/α-hetero) is 1. The molecule has 2 rings (SSSR count). The molecule has 0 saturated carbocycles. The van der Waals surface area contributed by atoms with E-state index in [1.165, 1.54) is 18.4 Å². The molecule has 0 aliphatic rings. The number of benzene rings is 1. The van der Waals surface area contributed by atoms with Crippen molar-refractivity contribution in [1.82, 2.24) is 9.55 Å². The molecular weight excluding hydrogens is 224 g/mol. The molecule has 18 heavy (non-hydrogen) atoms. The molecule has 0 spiro atoms. The average Bonchev–Trinajstić information content (AvgIpc) is 2.89. The zero-order valence-corrected chi connectivity index (χ0v) is 10.7. The largest absolute Gasteiger partial charge is 0.330 e. The van der Waals surface area contributed by atoms with E-state index in [1.807, 2.05) is 12.1 Å². The van der Waals surface area contributed by atoms with Crippen molar-refractivity contribution in [1.29, 1.82) is 0 Å². The highest BCUT2D eigenvalue weighted by Gasteiger charge is 2.06. The number of ketones is 1. The molecule has 2 aromatic rings. The van der Waals surface area contributed by atoms with Gasteiger partial charge >= 0.3 is 0 Å². The number of unbranched alkanes of at least 4 members (excludes halogenated alkanes) is 1. The lowest BCUT2D eigenvalue weighted by Crippen LogP contribution is -2.08. The van der Waals surface area contributed by atoms with E-state index in [2.05, 4.69) is 24.0 Å². The molecule has 1 aromatic heterocycles. The van der Waals surface area contributed by atoms with Gasteiger partial charge in [0.05, 0.1) is 12.9 Å². The normalized spacial score (nSPS) is 10.5. The summed E-state index contributed by atoms with van der Waals surface area (Å²) >= 11 is 0. The third kappa shape index (κ3) is 3.29. The molecule has 0 amide bonds. The number of hydrogen-bond donors (Lipinski definition) is 0. The smallest absolute Gasteiger partial charge is 0.182 e. The van der Waals surface area contributed by atoms with Crippen LogP contribution in [0.5, 0.6) is 0 Å². The lowest BCUT2D eigenvalue weighted by molar-refractivity contribution is 0.0972. The Morgan fingerprint density at radius 1 is 1.28 bits per heavy atom. The van der Waals surface area contributed by atoms with Gasteiger partial charge in [-0.1, -0.05) is 37.6 Å². The van der Waals surface area contributed by atoms with Gasteiger partial charge in [-0.25, -0.2) is 4.98 Å². The number of aromatic nitrogens is 2. The number of imidazole rings is 1. The fraction of sp³-hybridized carbons (Fsp3) is 0.333. The van der Waals surface area contributed by atoms with E-state index < -0.39 is 0 Å². The standard InChI is InChI=1S/C15H18N2O/c1-2-3-4-13-5-7-14(8-6-13)15(18)11-17-10-9-16-12-17/h5-10,12H,2-4,11H2,1H3. The molecule has 1 aromatic carbocycles. The van der Waals surface area contributed by atoms with E-state index in [0.717, 1.165) is 12.0 Å². The number of carbonyl (C=O) groups excluding carboxylic acids is 1. The van der Waals surface area contributed by atoms with Crippen LogP contribution in [-0.2, 0) is 13.0 Å². The SMILES string of the molecule is CCCCc1ccc(C(=O)Cn2ccnc2)cc1. The molecule has 0 radical (unpaired) electrons. The quantitative estimate of drug-likeness (QED) is 0.729. The molecule has 3 heteroatoms. The zero-order chi connectivity index (χ0) is 12.8. The van der Waals surface area contributed by atoms with Gasteiger partial charge in [0.2, 0.25) is 0 Å². The van der Waals surface area contributed by atoms with E-state index in [1.54, 1.807) is 23.3 Å². The predicted octanol–water partition coefficient (Wildman–Crippen LogP) is 3.11. The third-order valence-electron chi connectivity index (χ3n) is 2.98. The van der Waals surface area contributed by atoms with E-state index in [4.69, 9.17) is 0 Å². The van der Waals surface area contributed by atoms with Gasteiger partial charge in [-0.3, -0.25) is 4.79 Å². The minimum absolute atomic E-state index is 0.120. The van der Waals surface area contributed by atoms with Crippen molar-refractivity contribution in [3.63, 3.8) is 0 Å². The van der Waals surface area contributed by atoms with Crippen LogP contribution in [-0.4, -0.2) is 15.3 Å². The van der Waals surface area contributed by atoms with E-state index in [0.29, 0.717) is 6.54 Å². The summed E-state index contributed by atoms with van der Waals surface area (Å²) in [5, 5.41) is 0. The Kier molecular flexibility index (Phi) is 4.29. The molecule has 0 N–H and O–H groups in total. The molecule has 0 saturated heterocycles. The van der Waals surface area contributed by atoms with Crippen molar-refractivity contribution in [2.24, 2.45) is 0 Å². The average molecular weight is 242 g/mol. The maximum atomic E-state index is 12.0. The van der Waals surface area contributed by atoms with Crippen LogP contribution in [0.2, 0.25) is 0 Å². The number of nitrogens with zero attached hydrogens (tertiary/aromatic N) is 2. The Balaban J connectivity index is 1.98. The van der Waals surface area contributed by atoms with Crippen molar-refractivity contribution in [2.45, 2.75) is 32.7 Å². The van der Waals surface area contributed by atoms with Crippen LogP contribution < -0.4 is 0 Å². The summed E-state index contributed by atoms with van der Waals surface area (Å²) < 4.78 is 1.79. The van der Waals surface area contributed by atoms with Gasteiger partial charge in [-0.05, 0) is 18.4 Å². The van der Waals surface area contributed by atoms with Crippen molar-refractivity contribution < 1.29 is 4.79 Å². The van der Waals surface area contributed by atoms with Crippen LogP contribution in [0.4, 0.5) is 0 Å². The highest BCUT2D eigenvalue weighted by atomic mass is 16.1. The van der Waals surface area contributed by atoms with Crippen LogP contribution >= 0.6 is 0 Å². The first-order valence-electron chi connectivity index (χ1n) is 6.37. The molecule has 1 heterocycles. The van der Waals surface area contributed by atoms with E-state index in [9.17, 15) is 4.79 Å². The highest BCUT2D eigenvalue weighted by Crippen LogP contribution is 2.09. The monoisotopic (exact) mass is 242 g/mol. The maximum absolute atomic E-state index is 12.0. The number of hydrogen-bond acceptors (Lipinski definition) is 2. The van der Waals surface area contributed by atoms with Gasteiger partial charge in [0.25, 0.3) is 0 Å². The first-order valence-corrected chi connectivity index (χ1v) is 6.37. The van der Waals surface area contributed by atoms with Gasteiger partial charge < -0.3 is 4.57 Å². The zero-order valence-electron chi connectivity index (χ0n) is 10.7. The van der Waals surface area contributed by atoms with Crippen LogP contribution in [0, 0.1) is 0 Å². The Morgan fingerprint density at radius 2 is 2.06 bits per heavy atom. The fourth-order valence-electron chi connectivity index (χ4n) is 1.88. The predicted molar refractivity (Wildman–Crippen MR) is 71.6 cm³/mol. The van der Waals surface area contributed by atoms with E-state index >= 15 is 0 Å². The first kappa shape index (κ1) is 12.6. The summed E-state index contributed by atoms with van der Waals surface area (Å²) in [6.45, 7) is 2.54. The summed E-state index contributed by atoms with van der Waals surface area (Å²) in [6, 6.07) is 7.95. The Hall–Kier alpha value is -1.90. The maximum Gasteiger partial charge on any atom is 0.182 e. The third-order valence-corrected chi connectivity index (χ3v) is 2.98.